The molecule has 5 heteroatoms. The molecule has 0 aliphatic heterocycles. The summed E-state index contributed by atoms with van der Waals surface area (Å²) in [4.78, 5) is 9.11. The smallest absolute Gasteiger partial charge is 0.161 e. The van der Waals surface area contributed by atoms with Gasteiger partial charge in [0.25, 0.3) is 0 Å². The zero-order valence-corrected chi connectivity index (χ0v) is 13.5. The van der Waals surface area contributed by atoms with Crippen LogP contribution in [0.5, 0.6) is 0 Å². The number of anilines is 1. The molecule has 1 aromatic carbocycles. The van der Waals surface area contributed by atoms with E-state index in [9.17, 15) is 0 Å². The van der Waals surface area contributed by atoms with Gasteiger partial charge in [0.1, 0.15) is 5.82 Å². The van der Waals surface area contributed by atoms with Crippen molar-refractivity contribution in [2.24, 2.45) is 0 Å². The minimum atomic E-state index is 0.442. The van der Waals surface area contributed by atoms with Gasteiger partial charge in [0.15, 0.2) is 5.82 Å². The highest BCUT2D eigenvalue weighted by Gasteiger charge is 2.12. The Hall–Kier alpha value is -1.46. The van der Waals surface area contributed by atoms with Crippen molar-refractivity contribution in [2.45, 2.75) is 20.0 Å². The predicted octanol–water partition coefficient (Wildman–Crippen LogP) is 3.66. The average molecular weight is 336 g/mol. The van der Waals surface area contributed by atoms with Crippen LogP contribution in [0.1, 0.15) is 18.2 Å². The molecule has 0 spiro atoms. The van der Waals surface area contributed by atoms with Crippen LogP contribution in [-0.2, 0) is 17.8 Å². The zero-order valence-electron chi connectivity index (χ0n) is 11.9. The monoisotopic (exact) mass is 335 g/mol. The van der Waals surface area contributed by atoms with Crippen molar-refractivity contribution in [1.29, 1.82) is 0 Å². The molecule has 0 fully saturated rings. The van der Waals surface area contributed by atoms with Gasteiger partial charge in [-0.25, -0.2) is 9.97 Å². The number of methoxy groups -OCH3 is 1. The lowest BCUT2D eigenvalue weighted by molar-refractivity contribution is 0.181. The Kier molecular flexibility index (Phi) is 5.09. The zero-order chi connectivity index (χ0) is 14.5. The average Bonchev–Trinajstić information content (AvgIpc) is 2.49. The van der Waals surface area contributed by atoms with E-state index in [-0.39, 0.29) is 0 Å². The summed E-state index contributed by atoms with van der Waals surface area (Å²) in [6.45, 7) is 2.58. The molecule has 4 nitrogen and oxygen atoms in total. The van der Waals surface area contributed by atoms with Crippen LogP contribution in [0.2, 0.25) is 0 Å². The largest absolute Gasteiger partial charge is 0.378 e. The summed E-state index contributed by atoms with van der Waals surface area (Å²) in [5, 5.41) is 3.07. The Balaban J connectivity index is 2.46. The van der Waals surface area contributed by atoms with Crippen molar-refractivity contribution in [3.8, 4) is 11.4 Å². The lowest BCUT2D eigenvalue weighted by Gasteiger charge is -2.11. The van der Waals surface area contributed by atoms with Crippen LogP contribution in [0.3, 0.4) is 0 Å². The number of ether oxygens (including phenoxy) is 1. The van der Waals surface area contributed by atoms with E-state index in [2.05, 4.69) is 62.4 Å². The molecule has 106 valence electrons. The van der Waals surface area contributed by atoms with E-state index >= 15 is 0 Å². The highest BCUT2D eigenvalue weighted by atomic mass is 79.9. The Morgan fingerprint density at radius 1 is 1.20 bits per heavy atom. The number of rotatable bonds is 5. The van der Waals surface area contributed by atoms with Gasteiger partial charge in [-0.1, -0.05) is 31.2 Å². The number of halogens is 1. The second-order valence-electron chi connectivity index (χ2n) is 4.39. The van der Waals surface area contributed by atoms with Gasteiger partial charge >= 0.3 is 0 Å². The van der Waals surface area contributed by atoms with Crippen molar-refractivity contribution < 1.29 is 4.74 Å². The van der Waals surface area contributed by atoms with Crippen LogP contribution in [-0.4, -0.2) is 24.1 Å². The first-order valence-electron chi connectivity index (χ1n) is 6.52. The molecular weight excluding hydrogens is 318 g/mol. The first-order valence-corrected chi connectivity index (χ1v) is 7.31. The molecule has 0 radical (unpaired) electrons. The van der Waals surface area contributed by atoms with Crippen LogP contribution in [0.15, 0.2) is 28.7 Å². The summed E-state index contributed by atoms with van der Waals surface area (Å²) in [7, 11) is 3.50. The first kappa shape index (κ1) is 14.9. The molecule has 2 aromatic rings. The third-order valence-electron chi connectivity index (χ3n) is 3.06. The Bertz CT molecular complexity index is 584. The van der Waals surface area contributed by atoms with Crippen LogP contribution >= 0.6 is 15.9 Å². The van der Waals surface area contributed by atoms with Gasteiger partial charge in [-0.3, -0.25) is 0 Å². The topological polar surface area (TPSA) is 47.0 Å². The Morgan fingerprint density at radius 3 is 2.45 bits per heavy atom. The maximum absolute atomic E-state index is 5.19. The first-order chi connectivity index (χ1) is 9.69. The number of hydrogen-bond donors (Lipinski definition) is 1. The highest BCUT2D eigenvalue weighted by Crippen LogP contribution is 2.27. The van der Waals surface area contributed by atoms with E-state index < -0.39 is 0 Å². The van der Waals surface area contributed by atoms with E-state index in [0.717, 1.165) is 28.0 Å². The van der Waals surface area contributed by atoms with E-state index in [1.807, 2.05) is 7.05 Å². The van der Waals surface area contributed by atoms with Crippen molar-refractivity contribution >= 4 is 21.7 Å². The fraction of sp³-hybridized carbons (Fsp3) is 0.333. The number of aryl methyl sites for hydroxylation is 1. The van der Waals surface area contributed by atoms with Gasteiger partial charge in [-0.2, -0.15) is 0 Å². The third kappa shape index (κ3) is 3.16. The number of aromatic nitrogens is 2. The van der Waals surface area contributed by atoms with Crippen LogP contribution in [0.4, 0.5) is 5.82 Å². The van der Waals surface area contributed by atoms with Crippen LogP contribution in [0.25, 0.3) is 11.4 Å². The van der Waals surface area contributed by atoms with Crippen molar-refractivity contribution in [3.05, 3.63) is 40.0 Å². The molecule has 0 aliphatic carbocycles. The van der Waals surface area contributed by atoms with Gasteiger partial charge in [0, 0.05) is 19.7 Å². The minimum absolute atomic E-state index is 0.442. The van der Waals surface area contributed by atoms with E-state index in [0.29, 0.717) is 12.4 Å². The van der Waals surface area contributed by atoms with E-state index in [1.165, 1.54) is 5.56 Å². The standard InChI is InChI=1S/C15H18BrN3O/c1-4-10-5-7-11(8-6-10)14-18-12(9-20-3)13(16)15(17-2)19-14/h5-8H,4,9H2,1-3H3,(H,17,18,19). The lowest BCUT2D eigenvalue weighted by Crippen LogP contribution is -2.04. The van der Waals surface area contributed by atoms with Gasteiger partial charge < -0.3 is 10.1 Å². The molecule has 1 aromatic heterocycles. The van der Waals surface area contributed by atoms with Crippen molar-refractivity contribution in [1.82, 2.24) is 9.97 Å². The number of nitrogens with one attached hydrogen (secondary N) is 1. The fourth-order valence-corrected chi connectivity index (χ4v) is 2.40. The Labute approximate surface area is 127 Å². The molecule has 0 amide bonds. The van der Waals surface area contributed by atoms with Gasteiger partial charge in [0.2, 0.25) is 0 Å². The summed E-state index contributed by atoms with van der Waals surface area (Å²) in [5.41, 5.74) is 3.14. The molecule has 1 heterocycles. The molecule has 2 rings (SSSR count). The van der Waals surface area contributed by atoms with Gasteiger partial charge in [-0.05, 0) is 27.9 Å². The number of nitrogens with zero attached hydrogens (tertiary/aromatic N) is 2. The molecule has 20 heavy (non-hydrogen) atoms. The third-order valence-corrected chi connectivity index (χ3v) is 3.89. The summed E-state index contributed by atoms with van der Waals surface area (Å²) in [5.74, 6) is 1.47. The SMILES string of the molecule is CCc1ccc(-c2nc(COC)c(Br)c(NC)n2)cc1. The van der Waals surface area contributed by atoms with E-state index in [4.69, 9.17) is 4.74 Å². The summed E-state index contributed by atoms with van der Waals surface area (Å²) < 4.78 is 6.03. The molecule has 0 saturated carbocycles. The molecule has 0 bridgehead atoms. The molecular formula is C15H18BrN3O. The van der Waals surface area contributed by atoms with Crippen molar-refractivity contribution in [3.63, 3.8) is 0 Å². The van der Waals surface area contributed by atoms with Crippen LogP contribution < -0.4 is 5.32 Å². The summed E-state index contributed by atoms with van der Waals surface area (Å²) in [6.07, 6.45) is 1.03. The quantitative estimate of drug-likeness (QED) is 0.905. The molecule has 1 N–H and O–H groups in total. The lowest BCUT2D eigenvalue weighted by atomic mass is 10.1. The highest BCUT2D eigenvalue weighted by molar-refractivity contribution is 9.10. The molecule has 0 unspecified atom stereocenters. The number of benzene rings is 1. The van der Waals surface area contributed by atoms with Crippen molar-refractivity contribution in [2.75, 3.05) is 19.5 Å². The second kappa shape index (κ2) is 6.81. The predicted molar refractivity (Wildman–Crippen MR) is 84.8 cm³/mol. The summed E-state index contributed by atoms with van der Waals surface area (Å²) in [6, 6.07) is 8.32. The fourth-order valence-electron chi connectivity index (χ4n) is 1.91. The molecule has 0 atom stereocenters. The Morgan fingerprint density at radius 2 is 1.90 bits per heavy atom. The van der Waals surface area contributed by atoms with E-state index in [1.54, 1.807) is 7.11 Å². The van der Waals surface area contributed by atoms with Gasteiger partial charge in [0.05, 0.1) is 16.8 Å². The minimum Gasteiger partial charge on any atom is -0.378 e. The maximum Gasteiger partial charge on any atom is 0.161 e. The van der Waals surface area contributed by atoms with Gasteiger partial charge in [-0.15, -0.1) is 0 Å². The molecule has 0 aliphatic rings. The normalized spacial score (nSPS) is 10.6. The maximum atomic E-state index is 5.19. The second-order valence-corrected chi connectivity index (χ2v) is 5.18. The summed E-state index contributed by atoms with van der Waals surface area (Å²) >= 11 is 3.50. The molecule has 0 saturated heterocycles. The number of hydrogen-bond acceptors (Lipinski definition) is 4. The van der Waals surface area contributed by atoms with Crippen LogP contribution in [0, 0.1) is 0 Å².